The number of halogens is 1. The van der Waals surface area contributed by atoms with Gasteiger partial charge < -0.3 is 9.47 Å². The molecule has 0 aliphatic heterocycles. The maximum absolute atomic E-state index is 13.3. The molecule has 0 radical (unpaired) electrons. The van der Waals surface area contributed by atoms with Crippen molar-refractivity contribution in [2.24, 2.45) is 0 Å². The second-order valence-electron chi connectivity index (χ2n) is 8.72. The van der Waals surface area contributed by atoms with Crippen LogP contribution in [-0.2, 0) is 19.6 Å². The van der Waals surface area contributed by atoms with Crippen molar-refractivity contribution in [3.8, 4) is 22.7 Å². The number of hydrogen-bond donors (Lipinski definition) is 1. The molecule has 11 heteroatoms. The Morgan fingerprint density at radius 2 is 1.67 bits per heavy atom. The van der Waals surface area contributed by atoms with Gasteiger partial charge >= 0.3 is 0 Å². The molecule has 0 spiro atoms. The number of sulfonamides is 1. The van der Waals surface area contributed by atoms with Gasteiger partial charge in [0.15, 0.2) is 0 Å². The molecule has 1 heterocycles. The minimum Gasteiger partial charge on any atom is -0.497 e. The molecule has 0 atom stereocenters. The topological polar surface area (TPSA) is 103 Å². The highest BCUT2D eigenvalue weighted by Gasteiger charge is 2.27. The summed E-state index contributed by atoms with van der Waals surface area (Å²) in [7, 11) is -0.935. The minimum absolute atomic E-state index is 0.0155. The first-order valence-corrected chi connectivity index (χ1v) is 13.9. The predicted molar refractivity (Wildman–Crippen MR) is 151 cm³/mol. The fraction of sp³-hybridized carbons (Fsp3) is 0.214. The number of nitrogens with zero attached hydrogens (tertiary/aromatic N) is 3. The first kappa shape index (κ1) is 28.3. The summed E-state index contributed by atoms with van der Waals surface area (Å²) in [6, 6.07) is 20.9. The maximum atomic E-state index is 13.3. The molecule has 0 aliphatic rings. The van der Waals surface area contributed by atoms with E-state index in [0.717, 1.165) is 21.1 Å². The highest BCUT2D eigenvalue weighted by Crippen LogP contribution is 2.26. The summed E-state index contributed by atoms with van der Waals surface area (Å²) >= 11 is 5.93. The van der Waals surface area contributed by atoms with Gasteiger partial charge in [-0.2, -0.15) is 4.31 Å². The summed E-state index contributed by atoms with van der Waals surface area (Å²) in [6.45, 7) is 1.64. The monoisotopic (exact) mass is 568 g/mol. The fourth-order valence-corrected chi connectivity index (χ4v) is 5.34. The zero-order chi connectivity index (χ0) is 28.0. The number of anilines is 1. The van der Waals surface area contributed by atoms with Crippen molar-refractivity contribution >= 4 is 33.5 Å². The number of rotatable bonds is 11. The number of hydrogen-bond acceptors (Lipinski definition) is 6. The van der Waals surface area contributed by atoms with E-state index >= 15 is 0 Å². The molecule has 0 aliphatic carbocycles. The number of carbonyl (C=O) groups is 1. The molecule has 9 nitrogen and oxygen atoms in total. The number of aromatic nitrogens is 2. The summed E-state index contributed by atoms with van der Waals surface area (Å²) in [5.74, 6) is 0.414. The molecule has 204 valence electrons. The summed E-state index contributed by atoms with van der Waals surface area (Å²) in [4.78, 5) is 17.9. The van der Waals surface area contributed by atoms with Crippen LogP contribution in [0.3, 0.4) is 0 Å². The number of carbonyl (C=O) groups excluding carboxylic acids is 1. The van der Waals surface area contributed by atoms with Crippen molar-refractivity contribution in [2.75, 3.05) is 39.2 Å². The zero-order valence-corrected chi connectivity index (χ0v) is 23.4. The zero-order valence-electron chi connectivity index (χ0n) is 21.8. The fourth-order valence-electron chi connectivity index (χ4n) is 3.83. The number of benzene rings is 3. The van der Waals surface area contributed by atoms with Crippen LogP contribution in [0.5, 0.6) is 5.75 Å². The van der Waals surface area contributed by atoms with E-state index in [0.29, 0.717) is 16.5 Å². The first-order valence-electron chi connectivity index (χ1n) is 12.1. The third kappa shape index (κ3) is 6.85. The summed E-state index contributed by atoms with van der Waals surface area (Å²) in [6.07, 6.45) is 1.81. The molecule has 0 saturated heterocycles. The number of amides is 1. The number of ether oxygens (including phenoxy) is 2. The SMILES string of the molecule is COCCN(CC(=O)Nc1nc(-c2ccc(OC)cc2)cn1-c1ccc(C)cc1)S(=O)(=O)c1ccc(Cl)cc1. The molecule has 0 bridgehead atoms. The molecular formula is C28H29ClN4O5S. The van der Waals surface area contributed by atoms with Gasteiger partial charge in [-0.3, -0.25) is 14.7 Å². The first-order chi connectivity index (χ1) is 18.7. The van der Waals surface area contributed by atoms with E-state index in [1.54, 1.807) is 11.7 Å². The van der Waals surface area contributed by atoms with Gasteiger partial charge in [0.1, 0.15) is 5.75 Å². The van der Waals surface area contributed by atoms with Crippen LogP contribution in [0.25, 0.3) is 16.9 Å². The third-order valence-corrected chi connectivity index (χ3v) is 8.08. The quantitative estimate of drug-likeness (QED) is 0.279. The lowest BCUT2D eigenvalue weighted by Gasteiger charge is -2.21. The predicted octanol–water partition coefficient (Wildman–Crippen LogP) is 4.79. The molecule has 1 aromatic heterocycles. The standard InChI is InChI=1S/C28H29ClN4O5S/c1-20-4-10-23(11-5-20)33-18-26(21-6-12-24(38-3)13-7-21)30-28(33)31-27(34)19-32(16-17-37-2)39(35,36)25-14-8-22(29)9-15-25/h4-15,18H,16-17,19H2,1-3H3,(H,30,31,34). The molecule has 1 N–H and O–H groups in total. The van der Waals surface area contributed by atoms with E-state index in [1.807, 2.05) is 61.7 Å². The van der Waals surface area contributed by atoms with Crippen molar-refractivity contribution in [1.82, 2.24) is 13.9 Å². The van der Waals surface area contributed by atoms with Gasteiger partial charge in [0.25, 0.3) is 0 Å². The number of nitrogens with one attached hydrogen (secondary N) is 1. The lowest BCUT2D eigenvalue weighted by molar-refractivity contribution is -0.116. The van der Waals surface area contributed by atoms with Crippen LogP contribution in [-0.4, -0.2) is 62.1 Å². The Kier molecular flexibility index (Phi) is 9.03. The van der Waals surface area contributed by atoms with Crippen molar-refractivity contribution in [3.05, 3.63) is 89.6 Å². The van der Waals surface area contributed by atoms with Crippen LogP contribution in [0.1, 0.15) is 5.56 Å². The van der Waals surface area contributed by atoms with E-state index in [1.165, 1.54) is 31.4 Å². The number of aryl methyl sites for hydroxylation is 1. The molecule has 1 amide bonds. The van der Waals surface area contributed by atoms with Crippen molar-refractivity contribution in [3.63, 3.8) is 0 Å². The largest absolute Gasteiger partial charge is 0.497 e. The average Bonchev–Trinajstić information content (AvgIpc) is 3.35. The molecule has 4 rings (SSSR count). The summed E-state index contributed by atoms with van der Waals surface area (Å²) < 4.78 is 39.8. The van der Waals surface area contributed by atoms with E-state index < -0.39 is 22.5 Å². The second-order valence-corrected chi connectivity index (χ2v) is 11.1. The Labute approximate surface area is 233 Å². The Bertz CT molecular complexity index is 1520. The van der Waals surface area contributed by atoms with Crippen LogP contribution in [0.4, 0.5) is 5.95 Å². The Morgan fingerprint density at radius 1 is 1.00 bits per heavy atom. The molecule has 39 heavy (non-hydrogen) atoms. The van der Waals surface area contributed by atoms with E-state index in [-0.39, 0.29) is 24.0 Å². The van der Waals surface area contributed by atoms with Crippen molar-refractivity contribution in [1.29, 1.82) is 0 Å². The third-order valence-electron chi connectivity index (χ3n) is 5.97. The van der Waals surface area contributed by atoms with Crippen LogP contribution < -0.4 is 10.1 Å². The van der Waals surface area contributed by atoms with Crippen molar-refractivity contribution in [2.45, 2.75) is 11.8 Å². The van der Waals surface area contributed by atoms with Crippen molar-refractivity contribution < 1.29 is 22.7 Å². The number of imidazole rings is 1. The van der Waals surface area contributed by atoms with Crippen LogP contribution in [0.2, 0.25) is 5.02 Å². The van der Waals surface area contributed by atoms with Crippen LogP contribution in [0, 0.1) is 6.92 Å². The summed E-state index contributed by atoms with van der Waals surface area (Å²) in [5.41, 5.74) is 3.32. The molecule has 4 aromatic rings. The average molecular weight is 569 g/mol. The van der Waals surface area contributed by atoms with E-state index in [4.69, 9.17) is 21.1 Å². The minimum atomic E-state index is -3.99. The van der Waals surface area contributed by atoms with Gasteiger partial charge in [0.2, 0.25) is 21.9 Å². The van der Waals surface area contributed by atoms with Gasteiger partial charge in [-0.1, -0.05) is 29.3 Å². The Morgan fingerprint density at radius 3 is 2.28 bits per heavy atom. The summed E-state index contributed by atoms with van der Waals surface area (Å²) in [5, 5.41) is 3.20. The van der Waals surface area contributed by atoms with Gasteiger partial charge in [0.05, 0.1) is 30.9 Å². The lowest BCUT2D eigenvalue weighted by atomic mass is 10.1. The molecular weight excluding hydrogens is 540 g/mol. The lowest BCUT2D eigenvalue weighted by Crippen LogP contribution is -2.40. The van der Waals surface area contributed by atoms with Crippen LogP contribution >= 0.6 is 11.6 Å². The maximum Gasteiger partial charge on any atom is 0.243 e. The smallest absolute Gasteiger partial charge is 0.243 e. The van der Waals surface area contributed by atoms with Gasteiger partial charge in [0, 0.05) is 36.1 Å². The normalized spacial score (nSPS) is 11.5. The van der Waals surface area contributed by atoms with Gasteiger partial charge in [-0.15, -0.1) is 0 Å². The number of methoxy groups -OCH3 is 2. The van der Waals surface area contributed by atoms with E-state index in [2.05, 4.69) is 10.3 Å². The van der Waals surface area contributed by atoms with Crippen LogP contribution in [0.15, 0.2) is 83.9 Å². The molecule has 0 fully saturated rings. The Hall–Kier alpha value is -3.70. The Balaban J connectivity index is 1.64. The molecule has 0 unspecified atom stereocenters. The second kappa shape index (κ2) is 12.4. The van der Waals surface area contributed by atoms with Gasteiger partial charge in [-0.05, 0) is 67.6 Å². The molecule has 0 saturated carbocycles. The van der Waals surface area contributed by atoms with E-state index in [9.17, 15) is 13.2 Å². The molecule has 3 aromatic carbocycles. The van der Waals surface area contributed by atoms with Gasteiger partial charge in [-0.25, -0.2) is 13.4 Å². The highest BCUT2D eigenvalue weighted by atomic mass is 35.5. The highest BCUT2D eigenvalue weighted by molar-refractivity contribution is 7.89.